The number of hydrogen-bond donors (Lipinski definition) is 3. The second-order valence-corrected chi connectivity index (χ2v) is 11.1. The van der Waals surface area contributed by atoms with E-state index in [0.29, 0.717) is 5.92 Å². The normalized spacial score (nSPS) is 22.1. The van der Waals surface area contributed by atoms with Gasteiger partial charge in [0.05, 0.1) is 10.7 Å². The van der Waals surface area contributed by atoms with E-state index in [2.05, 4.69) is 10.6 Å². The molecule has 0 heterocycles. The molecule has 2 aromatic carbocycles. The van der Waals surface area contributed by atoms with Crippen LogP contribution in [0.25, 0.3) is 0 Å². The van der Waals surface area contributed by atoms with E-state index in [0.717, 1.165) is 29.1 Å². The Bertz CT molecular complexity index is 1180. The Balaban J connectivity index is 1.61. The van der Waals surface area contributed by atoms with E-state index >= 15 is 0 Å². The number of anilines is 1. The topological polar surface area (TPSA) is 116 Å². The highest BCUT2D eigenvalue weighted by Crippen LogP contribution is 2.41. The van der Waals surface area contributed by atoms with Gasteiger partial charge >= 0.3 is 0 Å². The molecule has 0 saturated heterocycles. The zero-order valence-corrected chi connectivity index (χ0v) is 19.9. The van der Waals surface area contributed by atoms with Crippen molar-refractivity contribution >= 4 is 38.9 Å². The molecule has 0 aromatic heterocycles. The number of carbonyl (C=O) groups excluding carboxylic acids is 2. The summed E-state index contributed by atoms with van der Waals surface area (Å²) in [5, 5.41) is 16.8. The van der Waals surface area contributed by atoms with Crippen molar-refractivity contribution in [2.75, 3.05) is 19.4 Å². The number of nitrogens with zero attached hydrogens (tertiary/aromatic N) is 1. The molecule has 4 rings (SSSR count). The second kappa shape index (κ2) is 9.06. The predicted octanol–water partition coefficient (Wildman–Crippen LogP) is 2.73. The van der Waals surface area contributed by atoms with Crippen molar-refractivity contribution < 1.29 is 23.1 Å². The molecule has 2 aliphatic carbocycles. The van der Waals surface area contributed by atoms with Gasteiger partial charge in [0.25, 0.3) is 0 Å². The van der Waals surface area contributed by atoms with Gasteiger partial charge < -0.3 is 10.4 Å². The standard InChI is InChI=1S/C23H26ClN3O5S/c1-27(2)33(31,32)23-15(24)11-12-16(20(23)28)25-18-19(22(30)21(18)29)26-17(14-9-6-10-14)13-7-4-3-5-8-13/h3-5,7-8,11-12,14,17-19,25-26,28H,6,9-10H2,1-2H3/t17-,18?,19?/m0/s1. The van der Waals surface area contributed by atoms with E-state index < -0.39 is 44.3 Å². The number of aromatic hydroxyl groups is 1. The summed E-state index contributed by atoms with van der Waals surface area (Å²) in [7, 11) is -1.40. The lowest BCUT2D eigenvalue weighted by Gasteiger charge is -2.42. The zero-order valence-electron chi connectivity index (χ0n) is 18.3. The molecular formula is C23H26ClN3O5S. The molecule has 3 atom stereocenters. The third-order valence-corrected chi connectivity index (χ3v) is 8.73. The fourth-order valence-electron chi connectivity index (χ4n) is 4.22. The average Bonchev–Trinajstić information content (AvgIpc) is 2.75. The Labute approximate surface area is 198 Å². The number of Topliss-reactive ketones (excluding diaryl/α,β-unsaturated/α-hetero) is 2. The summed E-state index contributed by atoms with van der Waals surface area (Å²) in [5.74, 6) is -1.40. The third kappa shape index (κ3) is 4.26. The van der Waals surface area contributed by atoms with Crippen LogP contribution in [0.2, 0.25) is 5.02 Å². The second-order valence-electron chi connectivity index (χ2n) is 8.63. The lowest BCUT2D eigenvalue weighted by molar-refractivity contribution is -0.146. The van der Waals surface area contributed by atoms with Crippen LogP contribution in [0, 0.1) is 5.92 Å². The van der Waals surface area contributed by atoms with Gasteiger partial charge in [0.1, 0.15) is 17.0 Å². The van der Waals surface area contributed by atoms with Crippen molar-refractivity contribution in [3.63, 3.8) is 0 Å². The first-order valence-electron chi connectivity index (χ1n) is 10.7. The van der Waals surface area contributed by atoms with E-state index in [4.69, 9.17) is 11.6 Å². The minimum atomic E-state index is -4.04. The summed E-state index contributed by atoms with van der Waals surface area (Å²) in [5.41, 5.74) is 1.05. The van der Waals surface area contributed by atoms with Crippen LogP contribution in [-0.2, 0) is 19.6 Å². The molecule has 0 spiro atoms. The van der Waals surface area contributed by atoms with Crippen LogP contribution >= 0.6 is 11.6 Å². The lowest BCUT2D eigenvalue weighted by atomic mass is 9.75. The minimum Gasteiger partial charge on any atom is -0.504 e. The number of hydrogen-bond acceptors (Lipinski definition) is 7. The molecule has 2 fully saturated rings. The Kier molecular flexibility index (Phi) is 6.50. The van der Waals surface area contributed by atoms with Gasteiger partial charge in [0.15, 0.2) is 5.75 Å². The fraction of sp³-hybridized carbons (Fsp3) is 0.391. The SMILES string of the molecule is CN(C)S(=O)(=O)c1c(Cl)ccc(NC2C(=O)C(=O)C2N[C@@H](c2ccccc2)C2CCC2)c1O. The molecule has 33 heavy (non-hydrogen) atoms. The fourth-order valence-corrected chi connectivity index (χ4v) is 5.70. The molecule has 3 N–H and O–H groups in total. The molecule has 0 aliphatic heterocycles. The van der Waals surface area contributed by atoms with Gasteiger partial charge in [-0.3, -0.25) is 14.9 Å². The minimum absolute atomic E-state index is 0.0115. The van der Waals surface area contributed by atoms with Gasteiger partial charge in [-0.15, -0.1) is 0 Å². The number of halogens is 1. The summed E-state index contributed by atoms with van der Waals surface area (Å²) in [6.07, 6.45) is 3.18. The monoisotopic (exact) mass is 491 g/mol. The van der Waals surface area contributed by atoms with Crippen LogP contribution in [0.1, 0.15) is 30.9 Å². The van der Waals surface area contributed by atoms with Gasteiger partial charge in [-0.2, -0.15) is 0 Å². The molecular weight excluding hydrogens is 466 g/mol. The number of phenolic OH excluding ortho intramolecular Hbond substituents is 1. The smallest absolute Gasteiger partial charge is 0.247 e. The van der Waals surface area contributed by atoms with Crippen molar-refractivity contribution in [3.05, 3.63) is 53.1 Å². The van der Waals surface area contributed by atoms with Crippen LogP contribution in [0.3, 0.4) is 0 Å². The van der Waals surface area contributed by atoms with Crippen LogP contribution < -0.4 is 10.6 Å². The highest BCUT2D eigenvalue weighted by atomic mass is 35.5. The van der Waals surface area contributed by atoms with E-state index in [-0.39, 0.29) is 16.8 Å². The number of phenols is 1. The lowest BCUT2D eigenvalue weighted by Crippen LogP contribution is -2.68. The van der Waals surface area contributed by atoms with E-state index in [1.165, 1.54) is 26.2 Å². The predicted molar refractivity (Wildman–Crippen MR) is 125 cm³/mol. The molecule has 2 aromatic rings. The number of ketones is 2. The molecule has 2 unspecified atom stereocenters. The Morgan fingerprint density at radius 2 is 1.67 bits per heavy atom. The maximum absolute atomic E-state index is 12.6. The van der Waals surface area contributed by atoms with Gasteiger partial charge in [-0.25, -0.2) is 12.7 Å². The average molecular weight is 492 g/mol. The van der Waals surface area contributed by atoms with Gasteiger partial charge in [-0.1, -0.05) is 48.4 Å². The van der Waals surface area contributed by atoms with Gasteiger partial charge in [0, 0.05) is 20.1 Å². The molecule has 2 saturated carbocycles. The molecule has 0 radical (unpaired) electrons. The zero-order chi connectivity index (χ0) is 23.9. The molecule has 0 bridgehead atoms. The molecule has 0 amide bonds. The molecule has 2 aliphatic rings. The summed E-state index contributed by atoms with van der Waals surface area (Å²) in [6, 6.07) is 10.7. The summed E-state index contributed by atoms with van der Waals surface area (Å²) >= 11 is 6.06. The van der Waals surface area contributed by atoms with Crippen LogP contribution in [0.15, 0.2) is 47.4 Å². The van der Waals surface area contributed by atoms with Crippen LogP contribution in [-0.4, -0.2) is 55.6 Å². The first kappa shape index (κ1) is 23.7. The first-order chi connectivity index (χ1) is 15.6. The maximum atomic E-state index is 12.6. The Morgan fingerprint density at radius 1 is 1.03 bits per heavy atom. The molecule has 176 valence electrons. The van der Waals surface area contributed by atoms with Crippen molar-refractivity contribution in [2.24, 2.45) is 5.92 Å². The quantitative estimate of drug-likeness (QED) is 0.384. The number of rotatable bonds is 8. The number of sulfonamides is 1. The summed E-state index contributed by atoms with van der Waals surface area (Å²) in [4.78, 5) is 24.4. The maximum Gasteiger partial charge on any atom is 0.247 e. The number of carbonyl (C=O) groups is 2. The van der Waals surface area contributed by atoms with Gasteiger partial charge in [0.2, 0.25) is 21.6 Å². The highest BCUT2D eigenvalue weighted by Gasteiger charge is 2.51. The molecule has 8 nitrogen and oxygen atoms in total. The Morgan fingerprint density at radius 3 is 2.24 bits per heavy atom. The van der Waals surface area contributed by atoms with Crippen molar-refractivity contribution in [1.82, 2.24) is 9.62 Å². The highest BCUT2D eigenvalue weighted by molar-refractivity contribution is 7.89. The Hall–Kier alpha value is -2.46. The first-order valence-corrected chi connectivity index (χ1v) is 12.5. The van der Waals surface area contributed by atoms with Crippen molar-refractivity contribution in [1.29, 1.82) is 0 Å². The van der Waals surface area contributed by atoms with Crippen LogP contribution in [0.4, 0.5) is 5.69 Å². The number of nitrogens with one attached hydrogen (secondary N) is 2. The summed E-state index contributed by atoms with van der Waals surface area (Å²) < 4.78 is 26.2. The third-order valence-electron chi connectivity index (χ3n) is 6.41. The summed E-state index contributed by atoms with van der Waals surface area (Å²) in [6.45, 7) is 0. The van der Waals surface area contributed by atoms with Crippen LogP contribution in [0.5, 0.6) is 5.75 Å². The van der Waals surface area contributed by atoms with E-state index in [1.54, 1.807) is 0 Å². The van der Waals surface area contributed by atoms with Crippen molar-refractivity contribution in [3.8, 4) is 5.75 Å². The van der Waals surface area contributed by atoms with Crippen molar-refractivity contribution in [2.45, 2.75) is 42.3 Å². The van der Waals surface area contributed by atoms with E-state index in [1.807, 2.05) is 30.3 Å². The van der Waals surface area contributed by atoms with E-state index in [9.17, 15) is 23.1 Å². The number of benzene rings is 2. The molecule has 10 heteroatoms. The van der Waals surface area contributed by atoms with Gasteiger partial charge in [-0.05, 0) is 36.5 Å². The largest absolute Gasteiger partial charge is 0.504 e.